The van der Waals surface area contributed by atoms with Crippen LogP contribution in [-0.4, -0.2) is 0 Å². The van der Waals surface area contributed by atoms with Crippen molar-refractivity contribution in [2.45, 2.75) is 25.9 Å². The molecule has 0 amide bonds. The second-order valence-electron chi connectivity index (χ2n) is 4.39. The van der Waals surface area contributed by atoms with E-state index in [9.17, 15) is 0 Å². The Labute approximate surface area is 127 Å². The molecular formula is C14H14Cl3NO. The second-order valence-corrected chi connectivity index (χ2v) is 5.55. The summed E-state index contributed by atoms with van der Waals surface area (Å²) in [7, 11) is 0. The summed E-state index contributed by atoms with van der Waals surface area (Å²) in [4.78, 5) is 0. The van der Waals surface area contributed by atoms with Gasteiger partial charge < -0.3 is 9.73 Å². The standard InChI is InChI=1S/C14H14Cl3NO/c1-8(18-9(2)12-4-3-7-19-12)10-5-6-11(15)14(17)13(10)16/h3-9,18H,1-2H3/t8?,9-/m1/s1. The van der Waals surface area contributed by atoms with Crippen LogP contribution in [0.15, 0.2) is 34.9 Å². The number of hydrogen-bond acceptors (Lipinski definition) is 2. The molecule has 0 aliphatic carbocycles. The van der Waals surface area contributed by atoms with Crippen molar-refractivity contribution < 1.29 is 4.42 Å². The predicted octanol–water partition coefficient (Wildman–Crippen LogP) is 5.65. The van der Waals surface area contributed by atoms with Gasteiger partial charge in [0, 0.05) is 6.04 Å². The summed E-state index contributed by atoms with van der Waals surface area (Å²) < 4.78 is 5.36. The van der Waals surface area contributed by atoms with Crippen LogP contribution >= 0.6 is 34.8 Å². The first-order chi connectivity index (χ1) is 9.00. The van der Waals surface area contributed by atoms with Gasteiger partial charge in [0.2, 0.25) is 0 Å². The van der Waals surface area contributed by atoms with E-state index in [4.69, 9.17) is 39.2 Å². The Morgan fingerprint density at radius 1 is 1.00 bits per heavy atom. The van der Waals surface area contributed by atoms with Gasteiger partial charge in [-0.1, -0.05) is 40.9 Å². The third-order valence-corrected chi connectivity index (χ3v) is 4.31. The number of benzene rings is 1. The minimum Gasteiger partial charge on any atom is -0.468 e. The topological polar surface area (TPSA) is 25.2 Å². The molecule has 2 rings (SSSR count). The van der Waals surface area contributed by atoms with Crippen LogP contribution in [-0.2, 0) is 0 Å². The summed E-state index contributed by atoms with van der Waals surface area (Å²) in [5.41, 5.74) is 0.912. The summed E-state index contributed by atoms with van der Waals surface area (Å²) >= 11 is 18.2. The van der Waals surface area contributed by atoms with E-state index in [1.165, 1.54) is 0 Å². The third kappa shape index (κ3) is 3.26. The maximum absolute atomic E-state index is 6.22. The average Bonchev–Trinajstić information content (AvgIpc) is 2.89. The van der Waals surface area contributed by atoms with E-state index in [-0.39, 0.29) is 12.1 Å². The highest BCUT2D eigenvalue weighted by atomic mass is 35.5. The maximum atomic E-state index is 6.22. The van der Waals surface area contributed by atoms with Crippen LogP contribution in [0.3, 0.4) is 0 Å². The number of furan rings is 1. The summed E-state index contributed by atoms with van der Waals surface area (Å²) in [6.45, 7) is 4.05. The van der Waals surface area contributed by atoms with Gasteiger partial charge in [-0.3, -0.25) is 0 Å². The molecule has 0 radical (unpaired) electrons. The molecule has 5 heteroatoms. The molecule has 0 saturated carbocycles. The highest BCUT2D eigenvalue weighted by molar-refractivity contribution is 6.48. The number of hydrogen-bond donors (Lipinski definition) is 1. The molecule has 0 aliphatic heterocycles. The summed E-state index contributed by atoms with van der Waals surface area (Å²) in [6, 6.07) is 7.53. The van der Waals surface area contributed by atoms with Gasteiger partial charge in [0.25, 0.3) is 0 Å². The normalized spacial score (nSPS) is 14.4. The fourth-order valence-electron chi connectivity index (χ4n) is 1.96. The number of rotatable bonds is 4. The van der Waals surface area contributed by atoms with E-state index >= 15 is 0 Å². The lowest BCUT2D eigenvalue weighted by atomic mass is 10.1. The first-order valence-electron chi connectivity index (χ1n) is 5.93. The minimum absolute atomic E-state index is 0.0300. The monoisotopic (exact) mass is 317 g/mol. The first kappa shape index (κ1) is 14.7. The van der Waals surface area contributed by atoms with Crippen molar-refractivity contribution in [3.8, 4) is 0 Å². The minimum atomic E-state index is 0.0300. The van der Waals surface area contributed by atoms with E-state index in [0.29, 0.717) is 15.1 Å². The molecule has 1 N–H and O–H groups in total. The van der Waals surface area contributed by atoms with E-state index < -0.39 is 0 Å². The van der Waals surface area contributed by atoms with Gasteiger partial charge >= 0.3 is 0 Å². The van der Waals surface area contributed by atoms with E-state index in [2.05, 4.69) is 5.32 Å². The molecule has 0 saturated heterocycles. The Balaban J connectivity index is 2.16. The molecule has 2 nitrogen and oxygen atoms in total. The van der Waals surface area contributed by atoms with Crippen LogP contribution in [0.2, 0.25) is 15.1 Å². The van der Waals surface area contributed by atoms with Crippen LogP contribution < -0.4 is 5.32 Å². The van der Waals surface area contributed by atoms with Crippen molar-refractivity contribution in [1.29, 1.82) is 0 Å². The van der Waals surface area contributed by atoms with E-state index in [0.717, 1.165) is 11.3 Å². The van der Waals surface area contributed by atoms with Gasteiger partial charge in [-0.05, 0) is 37.6 Å². The summed E-state index contributed by atoms with van der Waals surface area (Å²) in [5.74, 6) is 0.878. The van der Waals surface area contributed by atoms with Crippen molar-refractivity contribution in [1.82, 2.24) is 5.32 Å². The molecule has 0 spiro atoms. The van der Waals surface area contributed by atoms with Gasteiger partial charge in [-0.15, -0.1) is 0 Å². The fraction of sp³-hybridized carbons (Fsp3) is 0.286. The lowest BCUT2D eigenvalue weighted by Gasteiger charge is -2.20. The van der Waals surface area contributed by atoms with Crippen molar-refractivity contribution in [3.63, 3.8) is 0 Å². The van der Waals surface area contributed by atoms with Gasteiger partial charge in [-0.25, -0.2) is 0 Å². The lowest BCUT2D eigenvalue weighted by molar-refractivity contribution is 0.403. The molecule has 0 aliphatic rings. The van der Waals surface area contributed by atoms with Crippen molar-refractivity contribution in [2.75, 3.05) is 0 Å². The van der Waals surface area contributed by atoms with Gasteiger partial charge in [0.1, 0.15) is 5.76 Å². The fourth-order valence-corrected chi connectivity index (χ4v) is 2.67. The lowest BCUT2D eigenvalue weighted by Crippen LogP contribution is -2.22. The molecule has 19 heavy (non-hydrogen) atoms. The maximum Gasteiger partial charge on any atom is 0.120 e. The molecule has 102 valence electrons. The summed E-state index contributed by atoms with van der Waals surface area (Å²) in [6.07, 6.45) is 1.66. The zero-order valence-electron chi connectivity index (χ0n) is 10.6. The predicted molar refractivity (Wildman–Crippen MR) is 80.1 cm³/mol. The Morgan fingerprint density at radius 3 is 2.37 bits per heavy atom. The molecule has 0 fully saturated rings. The molecule has 1 aromatic heterocycles. The number of nitrogens with one attached hydrogen (secondary N) is 1. The molecule has 2 atom stereocenters. The van der Waals surface area contributed by atoms with Crippen LogP contribution in [0, 0.1) is 0 Å². The van der Waals surface area contributed by atoms with Gasteiger partial charge in [0.05, 0.1) is 27.4 Å². The van der Waals surface area contributed by atoms with E-state index in [1.807, 2.05) is 32.0 Å². The highest BCUT2D eigenvalue weighted by Gasteiger charge is 2.17. The molecule has 1 heterocycles. The Bertz CT molecular complexity index is 554. The van der Waals surface area contributed by atoms with Crippen LogP contribution in [0.25, 0.3) is 0 Å². The van der Waals surface area contributed by atoms with Crippen LogP contribution in [0.1, 0.15) is 37.3 Å². The van der Waals surface area contributed by atoms with Crippen LogP contribution in [0.5, 0.6) is 0 Å². The molecule has 1 unspecified atom stereocenters. The molecule has 2 aromatic rings. The Morgan fingerprint density at radius 2 is 1.74 bits per heavy atom. The van der Waals surface area contributed by atoms with Gasteiger partial charge in [-0.2, -0.15) is 0 Å². The highest BCUT2D eigenvalue weighted by Crippen LogP contribution is 2.36. The molecule has 0 bridgehead atoms. The largest absolute Gasteiger partial charge is 0.468 e. The Kier molecular flexibility index (Phi) is 4.80. The quantitative estimate of drug-likeness (QED) is 0.737. The number of halogens is 3. The van der Waals surface area contributed by atoms with Crippen LogP contribution in [0.4, 0.5) is 0 Å². The van der Waals surface area contributed by atoms with Gasteiger partial charge in [0.15, 0.2) is 0 Å². The zero-order chi connectivity index (χ0) is 14.0. The average molecular weight is 319 g/mol. The molecular weight excluding hydrogens is 305 g/mol. The smallest absolute Gasteiger partial charge is 0.120 e. The molecule has 1 aromatic carbocycles. The first-order valence-corrected chi connectivity index (χ1v) is 7.07. The summed E-state index contributed by atoms with van der Waals surface area (Å²) in [5, 5.41) is 4.74. The van der Waals surface area contributed by atoms with E-state index in [1.54, 1.807) is 12.3 Å². The van der Waals surface area contributed by atoms with Crippen molar-refractivity contribution >= 4 is 34.8 Å². The second kappa shape index (κ2) is 6.19. The van der Waals surface area contributed by atoms with Crippen molar-refractivity contribution in [3.05, 3.63) is 56.9 Å². The SMILES string of the molecule is CC(N[C@H](C)c1ccco1)c1ccc(Cl)c(Cl)c1Cl. The zero-order valence-corrected chi connectivity index (χ0v) is 12.9. The third-order valence-electron chi connectivity index (χ3n) is 3.00. The Hall–Kier alpha value is -0.670. The van der Waals surface area contributed by atoms with Crippen molar-refractivity contribution in [2.24, 2.45) is 0 Å².